The Morgan fingerprint density at radius 1 is 1.03 bits per heavy atom. The van der Waals surface area contributed by atoms with Gasteiger partial charge in [-0.2, -0.15) is 0 Å². The van der Waals surface area contributed by atoms with Crippen LogP contribution in [0.5, 0.6) is 11.5 Å². The summed E-state index contributed by atoms with van der Waals surface area (Å²) in [7, 11) is 1.61. The fraction of sp³-hybridized carbons (Fsp3) is 0.222. The number of hydrogen-bond acceptors (Lipinski definition) is 4. The predicted molar refractivity (Wildman–Crippen MR) is 132 cm³/mol. The predicted octanol–water partition coefficient (Wildman–Crippen LogP) is 5.09. The molecule has 33 heavy (non-hydrogen) atoms. The average Bonchev–Trinajstić information content (AvgIpc) is 2.85. The maximum absolute atomic E-state index is 12.8. The summed E-state index contributed by atoms with van der Waals surface area (Å²) in [6, 6.07) is 23.1. The number of carbonyl (C=O) groups excluding carboxylic acids is 1. The van der Waals surface area contributed by atoms with E-state index in [0.29, 0.717) is 31.1 Å². The molecule has 1 amide bonds. The first-order valence-corrected chi connectivity index (χ1v) is 11.3. The molecule has 3 aromatic carbocycles. The zero-order valence-corrected chi connectivity index (χ0v) is 20.0. The molecule has 0 aromatic heterocycles. The average molecular weight is 508 g/mol. The first-order valence-electron chi connectivity index (χ1n) is 10.5. The summed E-state index contributed by atoms with van der Waals surface area (Å²) >= 11 is 3.40. The van der Waals surface area contributed by atoms with Crippen LogP contribution in [0.4, 0.5) is 0 Å². The molecule has 1 unspecified atom stereocenters. The van der Waals surface area contributed by atoms with Crippen molar-refractivity contribution in [2.75, 3.05) is 20.3 Å². The summed E-state index contributed by atoms with van der Waals surface area (Å²) < 4.78 is 17.9. The minimum absolute atomic E-state index is 0.0514. The Kier molecular flexibility index (Phi) is 9.37. The number of ether oxygens (including phenoxy) is 3. The number of methoxy groups -OCH3 is 1. The van der Waals surface area contributed by atoms with Gasteiger partial charge in [-0.25, -0.2) is 0 Å². The summed E-state index contributed by atoms with van der Waals surface area (Å²) in [5, 5.41) is 2.94. The molecule has 0 fully saturated rings. The summed E-state index contributed by atoms with van der Waals surface area (Å²) in [5.74, 6) is 3.51. The van der Waals surface area contributed by atoms with Crippen LogP contribution in [-0.4, -0.2) is 26.2 Å². The van der Waals surface area contributed by atoms with E-state index in [-0.39, 0.29) is 12.5 Å². The maximum Gasteiger partial charge on any atom is 0.253 e. The van der Waals surface area contributed by atoms with Crippen LogP contribution >= 0.6 is 15.9 Å². The van der Waals surface area contributed by atoms with Gasteiger partial charge in [-0.1, -0.05) is 70.4 Å². The number of hydrogen-bond donors (Lipinski definition) is 1. The van der Waals surface area contributed by atoms with Gasteiger partial charge in [-0.15, -0.1) is 6.42 Å². The normalized spacial score (nSPS) is 11.3. The Morgan fingerprint density at radius 3 is 2.48 bits per heavy atom. The summed E-state index contributed by atoms with van der Waals surface area (Å²) in [6.45, 7) is 0.955. The number of carbonyl (C=O) groups is 1. The second kappa shape index (κ2) is 12.7. The van der Waals surface area contributed by atoms with Gasteiger partial charge < -0.3 is 19.5 Å². The van der Waals surface area contributed by atoms with Crippen molar-refractivity contribution in [3.05, 3.63) is 94.0 Å². The Balaban J connectivity index is 1.57. The van der Waals surface area contributed by atoms with E-state index in [2.05, 4.69) is 27.2 Å². The molecular weight excluding hydrogens is 482 g/mol. The van der Waals surface area contributed by atoms with Crippen molar-refractivity contribution >= 4 is 21.8 Å². The molecule has 0 saturated carbocycles. The molecule has 6 heteroatoms. The van der Waals surface area contributed by atoms with Crippen LogP contribution in [0.25, 0.3) is 0 Å². The Morgan fingerprint density at radius 2 is 1.79 bits per heavy atom. The first-order chi connectivity index (χ1) is 16.1. The van der Waals surface area contributed by atoms with Crippen molar-refractivity contribution in [2.45, 2.75) is 19.1 Å². The number of benzene rings is 3. The molecule has 3 aromatic rings. The van der Waals surface area contributed by atoms with E-state index < -0.39 is 6.10 Å². The third-order valence-electron chi connectivity index (χ3n) is 4.92. The lowest BCUT2D eigenvalue weighted by Crippen LogP contribution is -2.32. The van der Waals surface area contributed by atoms with E-state index in [4.69, 9.17) is 20.6 Å². The van der Waals surface area contributed by atoms with Crippen LogP contribution in [0.3, 0.4) is 0 Å². The van der Waals surface area contributed by atoms with E-state index >= 15 is 0 Å². The number of nitrogens with one attached hydrogen (secondary N) is 1. The lowest BCUT2D eigenvalue weighted by atomic mass is 10.1. The van der Waals surface area contributed by atoms with Crippen LogP contribution in [0, 0.1) is 12.3 Å². The minimum atomic E-state index is -0.766. The molecular formula is C27H26BrNO4. The third-order valence-corrected chi connectivity index (χ3v) is 5.45. The van der Waals surface area contributed by atoms with Crippen molar-refractivity contribution in [2.24, 2.45) is 0 Å². The third kappa shape index (κ3) is 7.38. The fourth-order valence-electron chi connectivity index (χ4n) is 3.24. The van der Waals surface area contributed by atoms with Gasteiger partial charge in [-0.05, 0) is 47.4 Å². The van der Waals surface area contributed by atoms with Crippen molar-refractivity contribution in [3.8, 4) is 23.8 Å². The quantitative estimate of drug-likeness (QED) is 0.367. The highest BCUT2D eigenvalue weighted by Crippen LogP contribution is 2.29. The molecule has 170 valence electrons. The second-order valence-corrected chi connectivity index (χ2v) is 8.16. The van der Waals surface area contributed by atoms with Crippen molar-refractivity contribution in [1.82, 2.24) is 5.32 Å². The van der Waals surface area contributed by atoms with Gasteiger partial charge in [-0.3, -0.25) is 4.79 Å². The Hall–Kier alpha value is -3.27. The number of rotatable bonds is 11. The molecule has 3 rings (SSSR count). The van der Waals surface area contributed by atoms with Gasteiger partial charge in [0.05, 0.1) is 7.11 Å². The highest BCUT2D eigenvalue weighted by atomic mass is 79.9. The molecule has 1 N–H and O–H groups in total. The van der Waals surface area contributed by atoms with Crippen LogP contribution < -0.4 is 14.8 Å². The van der Waals surface area contributed by atoms with Gasteiger partial charge >= 0.3 is 0 Å². The zero-order chi connectivity index (χ0) is 23.5. The zero-order valence-electron chi connectivity index (χ0n) is 18.4. The van der Waals surface area contributed by atoms with Crippen LogP contribution in [0.15, 0.2) is 77.3 Å². The van der Waals surface area contributed by atoms with Gasteiger partial charge in [0.25, 0.3) is 5.91 Å². The van der Waals surface area contributed by atoms with Gasteiger partial charge in [0, 0.05) is 11.0 Å². The topological polar surface area (TPSA) is 56.8 Å². The maximum atomic E-state index is 12.8. The lowest BCUT2D eigenvalue weighted by molar-refractivity contribution is -0.132. The van der Waals surface area contributed by atoms with Crippen molar-refractivity contribution in [3.63, 3.8) is 0 Å². The number of amides is 1. The highest BCUT2D eigenvalue weighted by Gasteiger charge is 2.21. The lowest BCUT2D eigenvalue weighted by Gasteiger charge is -2.17. The summed E-state index contributed by atoms with van der Waals surface area (Å²) in [5.41, 5.74) is 2.84. The summed E-state index contributed by atoms with van der Waals surface area (Å²) in [4.78, 5) is 12.8. The van der Waals surface area contributed by atoms with E-state index in [1.54, 1.807) is 7.11 Å². The number of halogens is 1. The molecule has 0 heterocycles. The smallest absolute Gasteiger partial charge is 0.253 e. The molecule has 0 aliphatic carbocycles. The Labute approximate surface area is 203 Å². The first kappa shape index (κ1) is 24.4. The summed E-state index contributed by atoms with van der Waals surface area (Å²) in [6.07, 6.45) is 5.18. The molecule has 0 aliphatic heterocycles. The molecule has 0 bridgehead atoms. The van der Waals surface area contributed by atoms with E-state index in [9.17, 15) is 4.79 Å². The molecule has 0 aliphatic rings. The van der Waals surface area contributed by atoms with E-state index in [0.717, 1.165) is 21.2 Å². The Bertz CT molecular complexity index is 1080. The van der Waals surface area contributed by atoms with Crippen molar-refractivity contribution in [1.29, 1.82) is 0 Å². The highest BCUT2D eigenvalue weighted by molar-refractivity contribution is 9.10. The van der Waals surface area contributed by atoms with E-state index in [1.807, 2.05) is 72.8 Å². The van der Waals surface area contributed by atoms with Gasteiger partial charge in [0.15, 0.2) is 17.6 Å². The molecule has 0 radical (unpaired) electrons. The largest absolute Gasteiger partial charge is 0.493 e. The monoisotopic (exact) mass is 507 g/mol. The minimum Gasteiger partial charge on any atom is -0.493 e. The van der Waals surface area contributed by atoms with Crippen LogP contribution in [0.1, 0.15) is 22.8 Å². The number of terminal acetylenes is 1. The van der Waals surface area contributed by atoms with Crippen LogP contribution in [-0.2, 0) is 22.6 Å². The molecule has 5 nitrogen and oxygen atoms in total. The SMILES string of the molecule is C#CCOC(C(=O)NCCc1ccc(OCc2ccccc2)c(OC)c1)c1ccc(Br)cc1. The van der Waals surface area contributed by atoms with E-state index in [1.165, 1.54) is 0 Å². The van der Waals surface area contributed by atoms with Gasteiger partial charge in [0.2, 0.25) is 0 Å². The molecule has 1 atom stereocenters. The van der Waals surface area contributed by atoms with Crippen molar-refractivity contribution < 1.29 is 19.0 Å². The molecule has 0 saturated heterocycles. The fourth-order valence-corrected chi connectivity index (χ4v) is 3.50. The van der Waals surface area contributed by atoms with Gasteiger partial charge in [0.1, 0.15) is 13.2 Å². The molecule has 0 spiro atoms. The van der Waals surface area contributed by atoms with Crippen LogP contribution in [0.2, 0.25) is 0 Å². The second-order valence-electron chi connectivity index (χ2n) is 7.25. The standard InChI is InChI=1S/C27H26BrNO4/c1-3-17-32-26(22-10-12-23(28)13-11-22)27(30)29-16-15-20-9-14-24(25(18-20)31-2)33-19-21-7-5-4-6-8-21/h1,4-14,18,26H,15-17,19H2,2H3,(H,29,30).